The zero-order valence-electron chi connectivity index (χ0n) is 13.1. The molecular weight excluding hydrogens is 312 g/mol. The molecule has 122 valence electrons. The van der Waals surface area contributed by atoms with Crippen LogP contribution in [0.1, 0.15) is 33.5 Å². The van der Waals surface area contributed by atoms with Crippen LogP contribution < -0.4 is 10.0 Å². The summed E-state index contributed by atoms with van der Waals surface area (Å²) in [7, 11) is -4.78. The molecule has 0 aliphatic carbocycles. The van der Waals surface area contributed by atoms with Crippen LogP contribution in [0.25, 0.3) is 0 Å². The molecular formula is C13H24N2O4S2. The monoisotopic (exact) mass is 336 g/mol. The SMILES string of the molecule is CC(CS(C)=O)NS(=O)(=O)c1ccc(CNC(C)(C)C)o1. The van der Waals surface area contributed by atoms with Crippen molar-refractivity contribution in [2.24, 2.45) is 0 Å². The molecule has 0 amide bonds. The summed E-state index contributed by atoms with van der Waals surface area (Å²) in [6.45, 7) is 8.17. The minimum atomic E-state index is -3.72. The normalized spacial score (nSPS) is 15.9. The Morgan fingerprint density at radius 1 is 1.33 bits per heavy atom. The van der Waals surface area contributed by atoms with Crippen LogP contribution in [0.4, 0.5) is 0 Å². The van der Waals surface area contributed by atoms with E-state index in [-0.39, 0.29) is 16.4 Å². The number of hydrogen-bond acceptors (Lipinski definition) is 5. The molecule has 0 aliphatic heterocycles. The van der Waals surface area contributed by atoms with Gasteiger partial charge in [0.1, 0.15) is 5.76 Å². The Balaban J connectivity index is 2.72. The van der Waals surface area contributed by atoms with Crippen molar-refractivity contribution in [2.45, 2.75) is 50.9 Å². The highest BCUT2D eigenvalue weighted by Crippen LogP contribution is 2.15. The number of nitrogens with one attached hydrogen (secondary N) is 2. The van der Waals surface area contributed by atoms with E-state index in [1.807, 2.05) is 20.8 Å². The van der Waals surface area contributed by atoms with Crippen LogP contribution in [0.15, 0.2) is 21.6 Å². The molecule has 0 aliphatic rings. The van der Waals surface area contributed by atoms with Crippen molar-refractivity contribution in [1.82, 2.24) is 10.0 Å². The van der Waals surface area contributed by atoms with Crippen molar-refractivity contribution in [3.63, 3.8) is 0 Å². The number of sulfonamides is 1. The van der Waals surface area contributed by atoms with E-state index in [0.29, 0.717) is 12.3 Å². The molecule has 1 aromatic heterocycles. The Kier molecular flexibility index (Phi) is 6.15. The Bertz CT molecular complexity index is 588. The lowest BCUT2D eigenvalue weighted by atomic mass is 10.1. The molecule has 1 rings (SSSR count). The third kappa shape index (κ3) is 6.73. The molecule has 2 unspecified atom stereocenters. The van der Waals surface area contributed by atoms with Gasteiger partial charge >= 0.3 is 0 Å². The van der Waals surface area contributed by atoms with Crippen LogP contribution in [0.2, 0.25) is 0 Å². The highest BCUT2D eigenvalue weighted by Gasteiger charge is 2.22. The van der Waals surface area contributed by atoms with E-state index in [1.165, 1.54) is 12.3 Å². The van der Waals surface area contributed by atoms with E-state index in [2.05, 4.69) is 10.0 Å². The van der Waals surface area contributed by atoms with Gasteiger partial charge in [-0.2, -0.15) is 0 Å². The molecule has 2 atom stereocenters. The summed E-state index contributed by atoms with van der Waals surface area (Å²) in [4.78, 5) is 0. The zero-order chi connectivity index (χ0) is 16.3. The summed E-state index contributed by atoms with van der Waals surface area (Å²) in [5.41, 5.74) is -0.0796. The van der Waals surface area contributed by atoms with Crippen molar-refractivity contribution in [3.8, 4) is 0 Å². The summed E-state index contributed by atoms with van der Waals surface area (Å²) >= 11 is 0. The van der Waals surface area contributed by atoms with Crippen LogP contribution in [-0.4, -0.2) is 36.2 Å². The van der Waals surface area contributed by atoms with Crippen molar-refractivity contribution in [2.75, 3.05) is 12.0 Å². The van der Waals surface area contributed by atoms with Crippen molar-refractivity contribution in [3.05, 3.63) is 17.9 Å². The molecule has 0 spiro atoms. The lowest BCUT2D eigenvalue weighted by Crippen LogP contribution is -2.36. The molecule has 0 fully saturated rings. The van der Waals surface area contributed by atoms with Crippen molar-refractivity contribution < 1.29 is 17.0 Å². The summed E-state index contributed by atoms with van der Waals surface area (Å²) in [6, 6.07) is 2.65. The smallest absolute Gasteiger partial charge is 0.274 e. The average Bonchev–Trinajstić information content (AvgIpc) is 2.72. The Hall–Kier alpha value is -0.700. The van der Waals surface area contributed by atoms with E-state index in [4.69, 9.17) is 4.42 Å². The first-order chi connectivity index (χ1) is 9.49. The minimum absolute atomic E-state index is 0.0796. The third-order valence-electron chi connectivity index (χ3n) is 2.54. The summed E-state index contributed by atoms with van der Waals surface area (Å²) in [6.07, 6.45) is 1.54. The fraction of sp³-hybridized carbons (Fsp3) is 0.692. The molecule has 0 saturated heterocycles. The molecule has 1 heterocycles. The fourth-order valence-electron chi connectivity index (χ4n) is 1.66. The first-order valence-electron chi connectivity index (χ1n) is 6.66. The maximum absolute atomic E-state index is 12.1. The van der Waals surface area contributed by atoms with Gasteiger partial charge in [0.05, 0.1) is 6.54 Å². The minimum Gasteiger partial charge on any atom is -0.447 e. The van der Waals surface area contributed by atoms with Gasteiger partial charge in [0, 0.05) is 34.4 Å². The van der Waals surface area contributed by atoms with Crippen LogP contribution in [-0.2, 0) is 27.4 Å². The number of furan rings is 1. The number of hydrogen-bond donors (Lipinski definition) is 2. The van der Waals surface area contributed by atoms with Gasteiger partial charge in [0.15, 0.2) is 0 Å². The Morgan fingerprint density at radius 2 is 1.95 bits per heavy atom. The van der Waals surface area contributed by atoms with Gasteiger partial charge in [0.25, 0.3) is 10.0 Å². The van der Waals surface area contributed by atoms with Crippen LogP contribution in [0, 0.1) is 0 Å². The second-order valence-electron chi connectivity index (χ2n) is 6.09. The van der Waals surface area contributed by atoms with E-state index >= 15 is 0 Å². The highest BCUT2D eigenvalue weighted by atomic mass is 32.2. The summed E-state index contributed by atoms with van der Waals surface area (Å²) < 4.78 is 43.1. The van der Waals surface area contributed by atoms with Gasteiger partial charge in [-0.1, -0.05) is 0 Å². The van der Waals surface area contributed by atoms with E-state index < -0.39 is 26.9 Å². The van der Waals surface area contributed by atoms with Gasteiger partial charge in [-0.25, -0.2) is 13.1 Å². The first kappa shape index (κ1) is 18.3. The first-order valence-corrected chi connectivity index (χ1v) is 9.87. The fourth-order valence-corrected chi connectivity index (χ4v) is 3.75. The second kappa shape index (κ2) is 7.04. The van der Waals surface area contributed by atoms with Crippen LogP contribution in [0.3, 0.4) is 0 Å². The van der Waals surface area contributed by atoms with Crippen LogP contribution in [0.5, 0.6) is 0 Å². The molecule has 8 heteroatoms. The lowest BCUT2D eigenvalue weighted by Gasteiger charge is -2.19. The standard InChI is InChI=1S/C13H24N2O4S2/c1-10(9-20(5)16)15-21(17,18)12-7-6-11(19-12)8-14-13(2,3)4/h6-7,10,14-15H,8-9H2,1-5H3. The molecule has 0 radical (unpaired) electrons. The van der Waals surface area contributed by atoms with E-state index in [9.17, 15) is 12.6 Å². The van der Waals surface area contributed by atoms with Crippen molar-refractivity contribution >= 4 is 20.8 Å². The molecule has 6 nitrogen and oxygen atoms in total. The molecule has 1 aromatic rings. The quantitative estimate of drug-likeness (QED) is 0.781. The zero-order valence-corrected chi connectivity index (χ0v) is 14.7. The largest absolute Gasteiger partial charge is 0.447 e. The summed E-state index contributed by atoms with van der Waals surface area (Å²) in [5, 5.41) is 3.10. The molecule has 2 N–H and O–H groups in total. The van der Waals surface area contributed by atoms with Gasteiger partial charge in [0.2, 0.25) is 5.09 Å². The van der Waals surface area contributed by atoms with Gasteiger partial charge in [-0.3, -0.25) is 4.21 Å². The van der Waals surface area contributed by atoms with E-state index in [1.54, 1.807) is 13.0 Å². The van der Waals surface area contributed by atoms with Gasteiger partial charge < -0.3 is 9.73 Å². The molecule has 0 aromatic carbocycles. The number of rotatable bonds is 7. The molecule has 21 heavy (non-hydrogen) atoms. The lowest BCUT2D eigenvalue weighted by molar-refractivity contribution is 0.359. The van der Waals surface area contributed by atoms with Gasteiger partial charge in [-0.05, 0) is 39.8 Å². The molecule has 0 bridgehead atoms. The molecule has 0 saturated carbocycles. The highest BCUT2D eigenvalue weighted by molar-refractivity contribution is 7.89. The Morgan fingerprint density at radius 3 is 2.48 bits per heavy atom. The van der Waals surface area contributed by atoms with E-state index in [0.717, 1.165) is 0 Å². The second-order valence-corrected chi connectivity index (χ2v) is 9.21. The Labute approximate surface area is 129 Å². The maximum Gasteiger partial charge on any atom is 0.274 e. The van der Waals surface area contributed by atoms with Gasteiger partial charge in [-0.15, -0.1) is 0 Å². The summed E-state index contributed by atoms with van der Waals surface area (Å²) in [5.74, 6) is 0.815. The predicted octanol–water partition coefficient (Wildman–Crippen LogP) is 1.21. The van der Waals surface area contributed by atoms with Crippen LogP contribution >= 0.6 is 0 Å². The maximum atomic E-state index is 12.1. The third-order valence-corrected chi connectivity index (χ3v) is 4.97. The topological polar surface area (TPSA) is 88.4 Å². The van der Waals surface area contributed by atoms with Crippen molar-refractivity contribution in [1.29, 1.82) is 0 Å². The average molecular weight is 336 g/mol. The predicted molar refractivity (Wildman–Crippen MR) is 84.0 cm³/mol.